The number of alkyl halides is 3. The highest BCUT2D eigenvalue weighted by atomic mass is 19.4. The van der Waals surface area contributed by atoms with Crippen LogP contribution in [0.5, 0.6) is 0 Å². The van der Waals surface area contributed by atoms with E-state index >= 15 is 0 Å². The lowest BCUT2D eigenvalue weighted by Crippen LogP contribution is -2.58. The van der Waals surface area contributed by atoms with Crippen molar-refractivity contribution < 1.29 is 27.8 Å². The number of nitrogens with zero attached hydrogens (tertiary/aromatic N) is 2. The van der Waals surface area contributed by atoms with Gasteiger partial charge in [-0.25, -0.2) is 0 Å². The molecule has 8 heteroatoms. The summed E-state index contributed by atoms with van der Waals surface area (Å²) in [6.45, 7) is 4.87. The lowest BCUT2D eigenvalue weighted by Gasteiger charge is -2.62. The van der Waals surface area contributed by atoms with Gasteiger partial charge in [0.25, 0.3) is 0 Å². The number of ketones is 1. The largest absolute Gasteiger partial charge is 0.435 e. The molecule has 0 spiro atoms. The maximum absolute atomic E-state index is 13.4. The Hall–Kier alpha value is -1.41. The summed E-state index contributed by atoms with van der Waals surface area (Å²) >= 11 is 0. The molecule has 4 aliphatic carbocycles. The number of carbonyl (C=O) groups is 1. The summed E-state index contributed by atoms with van der Waals surface area (Å²) in [4.78, 5) is 13.4. The SMILES string of the molecule is COCC12CC[C@@](C)(O)C[C@@H]1CC[C@@H]1[C@@H]2CC[C@]2(C)[C@@H](C(=O)Cn3ccc(C(F)(F)F)n3)CC[C@@H]12. The van der Waals surface area contributed by atoms with Crippen molar-refractivity contribution in [3.05, 3.63) is 18.0 Å². The van der Waals surface area contributed by atoms with Gasteiger partial charge in [-0.2, -0.15) is 18.3 Å². The normalized spacial score (nSPS) is 43.3. The van der Waals surface area contributed by atoms with Crippen molar-refractivity contribution in [1.29, 1.82) is 0 Å². The molecule has 8 atom stereocenters. The van der Waals surface area contributed by atoms with Gasteiger partial charge >= 0.3 is 6.18 Å². The number of ether oxygens (including phenoxy) is 1. The Morgan fingerprint density at radius 2 is 1.91 bits per heavy atom. The lowest BCUT2D eigenvalue weighted by molar-refractivity contribution is -0.175. The van der Waals surface area contributed by atoms with E-state index in [1.807, 2.05) is 6.92 Å². The van der Waals surface area contributed by atoms with Crippen molar-refractivity contribution in [3.8, 4) is 0 Å². The van der Waals surface area contributed by atoms with Crippen molar-refractivity contribution >= 4 is 5.78 Å². The molecule has 5 rings (SSSR count). The number of aliphatic hydroxyl groups is 1. The first-order valence-electron chi connectivity index (χ1n) is 13.2. The van der Waals surface area contributed by atoms with Gasteiger partial charge in [0, 0.05) is 19.2 Å². The summed E-state index contributed by atoms with van der Waals surface area (Å²) in [7, 11) is 1.79. The number of hydrogen-bond acceptors (Lipinski definition) is 4. The van der Waals surface area contributed by atoms with E-state index in [1.165, 1.54) is 6.20 Å². The smallest absolute Gasteiger partial charge is 0.390 e. The third kappa shape index (κ3) is 4.16. The Balaban J connectivity index is 1.34. The van der Waals surface area contributed by atoms with Crippen LogP contribution in [0, 0.1) is 40.4 Å². The number of carbonyl (C=O) groups excluding carboxylic acids is 1. The minimum absolute atomic E-state index is 0.0132. The third-order valence-electron chi connectivity index (χ3n) is 10.7. The summed E-state index contributed by atoms with van der Waals surface area (Å²) in [5.41, 5.74) is -1.55. The van der Waals surface area contributed by atoms with E-state index in [-0.39, 0.29) is 29.1 Å². The van der Waals surface area contributed by atoms with Crippen LogP contribution in [0.15, 0.2) is 12.3 Å². The van der Waals surface area contributed by atoms with Gasteiger partial charge in [-0.15, -0.1) is 0 Å². The summed E-state index contributed by atoms with van der Waals surface area (Å²) in [5.74, 6) is 1.90. The number of rotatable bonds is 5. The summed E-state index contributed by atoms with van der Waals surface area (Å²) < 4.78 is 45.8. The lowest BCUT2D eigenvalue weighted by atomic mass is 9.43. The Morgan fingerprint density at radius 1 is 1.14 bits per heavy atom. The molecule has 4 aliphatic rings. The van der Waals surface area contributed by atoms with Crippen LogP contribution in [0.25, 0.3) is 0 Å². The Bertz CT molecular complexity index is 960. The fourth-order valence-electron chi connectivity index (χ4n) is 9.18. The van der Waals surface area contributed by atoms with E-state index in [2.05, 4.69) is 12.0 Å². The van der Waals surface area contributed by atoms with E-state index in [0.717, 1.165) is 75.1 Å². The first kappa shape index (κ1) is 25.2. The van der Waals surface area contributed by atoms with Gasteiger partial charge in [-0.3, -0.25) is 9.48 Å². The molecular weight excluding hydrogens is 457 g/mol. The van der Waals surface area contributed by atoms with Crippen LogP contribution < -0.4 is 0 Å². The number of halogens is 3. The minimum atomic E-state index is -4.50. The van der Waals surface area contributed by atoms with Crippen molar-refractivity contribution in [2.24, 2.45) is 40.4 Å². The maximum Gasteiger partial charge on any atom is 0.435 e. The van der Waals surface area contributed by atoms with Gasteiger partial charge < -0.3 is 9.84 Å². The van der Waals surface area contributed by atoms with E-state index in [1.54, 1.807) is 7.11 Å². The molecule has 4 saturated carbocycles. The molecule has 196 valence electrons. The van der Waals surface area contributed by atoms with Gasteiger partial charge in [-0.1, -0.05) is 6.92 Å². The zero-order valence-corrected chi connectivity index (χ0v) is 21.1. The summed E-state index contributed by atoms with van der Waals surface area (Å²) in [5, 5.41) is 14.4. The molecular formula is C27H39F3N2O3. The topological polar surface area (TPSA) is 64.3 Å². The monoisotopic (exact) mass is 496 g/mol. The number of methoxy groups -OCH3 is 1. The Kier molecular flexibility index (Phi) is 6.18. The second-order valence-electron chi connectivity index (χ2n) is 12.6. The molecule has 5 nitrogen and oxygen atoms in total. The summed E-state index contributed by atoms with van der Waals surface area (Å²) in [6.07, 6.45) is 5.48. The van der Waals surface area contributed by atoms with Gasteiger partial charge in [0.05, 0.1) is 18.8 Å². The second kappa shape index (κ2) is 8.57. The second-order valence-corrected chi connectivity index (χ2v) is 12.6. The fraction of sp³-hybridized carbons (Fsp3) is 0.852. The molecule has 1 unspecified atom stereocenters. The van der Waals surface area contributed by atoms with E-state index in [0.29, 0.717) is 23.7 Å². The zero-order valence-electron chi connectivity index (χ0n) is 21.1. The minimum Gasteiger partial charge on any atom is -0.390 e. The zero-order chi connectivity index (χ0) is 25.2. The highest BCUT2D eigenvalue weighted by Gasteiger charge is 2.63. The van der Waals surface area contributed by atoms with Crippen LogP contribution in [0.1, 0.15) is 77.3 Å². The fourth-order valence-corrected chi connectivity index (χ4v) is 9.18. The van der Waals surface area contributed by atoms with Crippen LogP contribution in [0.4, 0.5) is 13.2 Å². The van der Waals surface area contributed by atoms with Gasteiger partial charge in [-0.05, 0) is 105 Å². The van der Waals surface area contributed by atoms with E-state index in [4.69, 9.17) is 4.74 Å². The van der Waals surface area contributed by atoms with Crippen LogP contribution >= 0.6 is 0 Å². The van der Waals surface area contributed by atoms with Crippen LogP contribution in [0.2, 0.25) is 0 Å². The molecule has 1 aromatic heterocycles. The number of hydrogen-bond donors (Lipinski definition) is 1. The number of fused-ring (bicyclic) bond motifs is 5. The predicted molar refractivity (Wildman–Crippen MR) is 124 cm³/mol. The quantitative estimate of drug-likeness (QED) is 0.584. The van der Waals surface area contributed by atoms with Gasteiger partial charge in [0.1, 0.15) is 0 Å². The van der Waals surface area contributed by atoms with E-state index < -0.39 is 17.5 Å². The first-order valence-corrected chi connectivity index (χ1v) is 13.2. The molecule has 0 radical (unpaired) electrons. The van der Waals surface area contributed by atoms with Gasteiger partial charge in [0.15, 0.2) is 11.5 Å². The molecule has 0 amide bonds. The molecule has 4 fully saturated rings. The van der Waals surface area contributed by atoms with Crippen molar-refractivity contribution in [2.45, 2.75) is 90.0 Å². The Morgan fingerprint density at radius 3 is 2.60 bits per heavy atom. The highest BCUT2D eigenvalue weighted by molar-refractivity contribution is 5.82. The first-order chi connectivity index (χ1) is 16.4. The Labute approximate surface area is 205 Å². The highest BCUT2D eigenvalue weighted by Crippen LogP contribution is 2.68. The van der Waals surface area contributed by atoms with Crippen LogP contribution in [-0.4, -0.2) is 40.0 Å². The van der Waals surface area contributed by atoms with E-state index in [9.17, 15) is 23.1 Å². The molecule has 0 saturated heterocycles. The molecule has 1 aromatic rings. The number of aromatic nitrogens is 2. The van der Waals surface area contributed by atoms with Crippen molar-refractivity contribution in [3.63, 3.8) is 0 Å². The molecule has 35 heavy (non-hydrogen) atoms. The molecule has 0 aromatic carbocycles. The third-order valence-corrected chi connectivity index (χ3v) is 10.7. The molecule has 0 aliphatic heterocycles. The molecule has 0 bridgehead atoms. The standard InChI is InChI=1S/C27H39F3N2O3/c1-24(34)11-12-26(16-35-3)17(14-24)4-5-18-19-6-7-21(25(19,2)10-8-20(18)26)22(33)15-32-13-9-23(31-32)27(28,29)30/h9,13,17-21,34H,4-8,10-12,14-16H2,1-3H3/t17-,18-,19-,20-,21+,24+,25-,26?/m0/s1. The van der Waals surface area contributed by atoms with Gasteiger partial charge in [0.2, 0.25) is 0 Å². The maximum atomic E-state index is 13.4. The number of Topliss-reactive ketones (excluding diaryl/α,β-unsaturated/α-hetero) is 1. The van der Waals surface area contributed by atoms with Crippen LogP contribution in [-0.2, 0) is 22.3 Å². The molecule has 1 heterocycles. The summed E-state index contributed by atoms with van der Waals surface area (Å²) in [6, 6.07) is 0.937. The van der Waals surface area contributed by atoms with Crippen molar-refractivity contribution in [2.75, 3.05) is 13.7 Å². The van der Waals surface area contributed by atoms with Crippen LogP contribution in [0.3, 0.4) is 0 Å². The predicted octanol–water partition coefficient (Wildman–Crippen LogP) is 5.51. The average molecular weight is 497 g/mol. The molecule has 1 N–H and O–H groups in total. The van der Waals surface area contributed by atoms with Crippen molar-refractivity contribution in [1.82, 2.24) is 9.78 Å². The average Bonchev–Trinajstić information content (AvgIpc) is 3.38.